The van der Waals surface area contributed by atoms with Crippen LogP contribution in [-0.4, -0.2) is 24.0 Å². The Balaban J connectivity index is 2.00. The van der Waals surface area contributed by atoms with E-state index in [4.69, 9.17) is 45.3 Å². The number of nitrogens with zero attached hydrogens (tertiary/aromatic N) is 1. The number of aromatic amines is 1. The smallest absolute Gasteiger partial charge is 0.405 e. The third-order valence-corrected chi connectivity index (χ3v) is 5.12. The van der Waals surface area contributed by atoms with Crippen molar-refractivity contribution in [2.24, 2.45) is 0 Å². The van der Waals surface area contributed by atoms with Gasteiger partial charge in [-0.05, 0) is 24.4 Å². The van der Waals surface area contributed by atoms with Gasteiger partial charge < -0.3 is 15.8 Å². The Kier molecular flexibility index (Phi) is 6.33. The van der Waals surface area contributed by atoms with E-state index < -0.39 is 24.0 Å². The summed E-state index contributed by atoms with van der Waals surface area (Å²) in [5.74, 6) is -1.49. The first kappa shape index (κ1) is 19.6. The number of halogens is 3. The Morgan fingerprint density at radius 1 is 1.24 bits per heavy atom. The van der Waals surface area contributed by atoms with Crippen LogP contribution < -0.4 is 16.0 Å². The summed E-state index contributed by atoms with van der Waals surface area (Å²) in [6, 6.07) is 2.15. The lowest BCUT2D eigenvalue weighted by Crippen LogP contribution is -2.50. The van der Waals surface area contributed by atoms with Crippen molar-refractivity contribution in [1.82, 2.24) is 5.32 Å². The zero-order valence-electron chi connectivity index (χ0n) is 13.1. The summed E-state index contributed by atoms with van der Waals surface area (Å²) in [6.45, 7) is -0.563. The predicted octanol–water partition coefficient (Wildman–Crippen LogP) is 2.54. The highest BCUT2D eigenvalue weighted by Gasteiger charge is 2.34. The van der Waals surface area contributed by atoms with E-state index in [1.54, 1.807) is 0 Å². The van der Waals surface area contributed by atoms with E-state index in [9.17, 15) is 14.9 Å². The van der Waals surface area contributed by atoms with Crippen LogP contribution >= 0.6 is 34.8 Å². The Morgan fingerprint density at radius 3 is 2.48 bits per heavy atom. The molecule has 4 N–H and O–H groups in total. The van der Waals surface area contributed by atoms with E-state index in [1.807, 2.05) is 0 Å². The number of nitrogens with one attached hydrogen (secondary N) is 2. The number of aromatic nitrogens is 1. The summed E-state index contributed by atoms with van der Waals surface area (Å²) in [6.07, 6.45) is 3.90. The minimum Gasteiger partial charge on any atom is -0.448 e. The molecule has 0 aromatic carbocycles. The molecule has 1 heterocycles. The van der Waals surface area contributed by atoms with Gasteiger partial charge >= 0.3 is 11.7 Å². The van der Waals surface area contributed by atoms with E-state index in [2.05, 4.69) is 16.4 Å². The second kappa shape index (κ2) is 8.09. The van der Waals surface area contributed by atoms with Gasteiger partial charge in [-0.15, -0.1) is 0 Å². The van der Waals surface area contributed by atoms with E-state index in [0.717, 1.165) is 19.3 Å². The molecule has 0 radical (unpaired) electrons. The molecule has 0 saturated heterocycles. The SMILES string of the molecule is N#CC1(NC(=O)COC(=O)c2[nH+]c(Cl)c(Cl)c(N)c2Cl)CCCCC1. The van der Waals surface area contributed by atoms with Crippen molar-refractivity contribution in [3.8, 4) is 6.07 Å². The van der Waals surface area contributed by atoms with Crippen LogP contribution in [0.4, 0.5) is 5.69 Å². The number of nitriles is 1. The first-order valence-electron chi connectivity index (χ1n) is 7.54. The van der Waals surface area contributed by atoms with Crippen LogP contribution in [-0.2, 0) is 9.53 Å². The lowest BCUT2D eigenvalue weighted by atomic mass is 9.83. The molecule has 134 valence electrons. The van der Waals surface area contributed by atoms with Crippen LogP contribution in [0.2, 0.25) is 15.2 Å². The molecule has 1 aliphatic rings. The molecule has 7 nitrogen and oxygen atoms in total. The predicted molar refractivity (Wildman–Crippen MR) is 92.3 cm³/mol. The Morgan fingerprint density at radius 2 is 1.88 bits per heavy atom. The van der Waals surface area contributed by atoms with Gasteiger partial charge in [0.05, 0.1) is 11.8 Å². The van der Waals surface area contributed by atoms with Crippen LogP contribution in [0.5, 0.6) is 0 Å². The normalized spacial score (nSPS) is 15.9. The second-order valence-corrected chi connectivity index (χ2v) is 6.87. The quantitative estimate of drug-likeness (QED) is 0.588. The van der Waals surface area contributed by atoms with Crippen molar-refractivity contribution in [1.29, 1.82) is 5.26 Å². The van der Waals surface area contributed by atoms with Crippen molar-refractivity contribution in [2.75, 3.05) is 12.3 Å². The molecule has 1 aliphatic carbocycles. The first-order chi connectivity index (χ1) is 11.8. The lowest BCUT2D eigenvalue weighted by Gasteiger charge is -2.31. The summed E-state index contributed by atoms with van der Waals surface area (Å²) in [4.78, 5) is 26.6. The standard InChI is InChI=1S/C15H15Cl3N4O3/c16-9-11(20)10(17)13(18)21-12(9)14(24)25-6-8(23)22-15(7-19)4-2-1-3-5-15/h1-6H2,(H2,20,21)(H,22,23)/p+1. The van der Waals surface area contributed by atoms with Gasteiger partial charge in [-0.1, -0.05) is 42.5 Å². The molecule has 1 aromatic heterocycles. The molecule has 0 atom stereocenters. The number of hydrogen-bond donors (Lipinski definition) is 2. The molecule has 0 spiro atoms. The Hall–Kier alpha value is -1.75. The molecule has 0 bridgehead atoms. The number of amides is 1. The summed E-state index contributed by atoms with van der Waals surface area (Å²) < 4.78 is 4.92. The number of carbonyl (C=O) groups excluding carboxylic acids is 2. The topological polar surface area (TPSA) is 119 Å². The molecule has 25 heavy (non-hydrogen) atoms. The second-order valence-electron chi connectivity index (χ2n) is 5.73. The molecule has 1 aromatic rings. The van der Waals surface area contributed by atoms with E-state index in [-0.39, 0.29) is 26.6 Å². The van der Waals surface area contributed by atoms with Gasteiger partial charge in [0.2, 0.25) is 0 Å². The van der Waals surface area contributed by atoms with Crippen LogP contribution in [0.25, 0.3) is 0 Å². The number of rotatable bonds is 4. The highest BCUT2D eigenvalue weighted by molar-refractivity contribution is 6.45. The van der Waals surface area contributed by atoms with Crippen molar-refractivity contribution in [3.63, 3.8) is 0 Å². The fourth-order valence-electron chi connectivity index (χ4n) is 2.64. The zero-order chi connectivity index (χ0) is 18.6. The van der Waals surface area contributed by atoms with Gasteiger partial charge in [0.25, 0.3) is 11.1 Å². The van der Waals surface area contributed by atoms with Gasteiger partial charge in [-0.25, -0.2) is 4.79 Å². The van der Waals surface area contributed by atoms with Crippen molar-refractivity contribution < 1.29 is 19.3 Å². The number of ether oxygens (including phenoxy) is 1. The monoisotopic (exact) mass is 405 g/mol. The minimum atomic E-state index is -0.917. The molecule has 1 amide bonds. The van der Waals surface area contributed by atoms with Crippen molar-refractivity contribution in [2.45, 2.75) is 37.6 Å². The number of pyridine rings is 1. The number of anilines is 1. The van der Waals surface area contributed by atoms with Gasteiger partial charge in [0, 0.05) is 0 Å². The number of nitrogen functional groups attached to an aromatic ring is 1. The average molecular weight is 407 g/mol. The fraction of sp³-hybridized carbons (Fsp3) is 0.467. The Labute approximate surface area is 159 Å². The number of esters is 1. The largest absolute Gasteiger partial charge is 0.448 e. The highest BCUT2D eigenvalue weighted by atomic mass is 35.5. The van der Waals surface area contributed by atoms with E-state index >= 15 is 0 Å². The number of carbonyl (C=O) groups is 2. The number of H-pyrrole nitrogens is 1. The molecular weight excluding hydrogens is 391 g/mol. The summed E-state index contributed by atoms with van der Waals surface area (Å²) in [7, 11) is 0. The maximum absolute atomic E-state index is 12.1. The molecule has 10 heteroatoms. The third-order valence-electron chi connectivity index (χ3n) is 3.96. The minimum absolute atomic E-state index is 0.0192. The fourth-order valence-corrected chi connectivity index (χ4v) is 3.24. The van der Waals surface area contributed by atoms with Crippen molar-refractivity contribution >= 4 is 52.4 Å². The van der Waals surface area contributed by atoms with Crippen LogP contribution in [0.3, 0.4) is 0 Å². The average Bonchev–Trinajstić information content (AvgIpc) is 2.61. The lowest BCUT2D eigenvalue weighted by molar-refractivity contribution is -0.380. The molecule has 1 fully saturated rings. The molecule has 2 rings (SSSR count). The molecular formula is C15H16Cl3N4O3+. The maximum Gasteiger partial charge on any atom is 0.405 e. The summed E-state index contributed by atoms with van der Waals surface area (Å²) in [5, 5.41) is 11.7. The zero-order valence-corrected chi connectivity index (χ0v) is 15.4. The number of hydrogen-bond acceptors (Lipinski definition) is 5. The van der Waals surface area contributed by atoms with Crippen LogP contribution in [0.1, 0.15) is 42.6 Å². The van der Waals surface area contributed by atoms with E-state index in [0.29, 0.717) is 12.8 Å². The van der Waals surface area contributed by atoms with Crippen LogP contribution in [0.15, 0.2) is 0 Å². The van der Waals surface area contributed by atoms with Crippen LogP contribution in [0, 0.1) is 11.3 Å². The number of nitrogens with two attached hydrogens (primary N) is 1. The summed E-state index contributed by atoms with van der Waals surface area (Å²) >= 11 is 17.6. The van der Waals surface area contributed by atoms with E-state index in [1.165, 1.54) is 0 Å². The van der Waals surface area contributed by atoms with Gasteiger partial charge in [-0.2, -0.15) is 10.2 Å². The third kappa shape index (κ3) is 4.46. The first-order valence-corrected chi connectivity index (χ1v) is 8.67. The summed E-state index contributed by atoms with van der Waals surface area (Å²) in [5.41, 5.74) is 4.45. The molecule has 0 aliphatic heterocycles. The molecule has 0 unspecified atom stereocenters. The Bertz CT molecular complexity index is 743. The molecule has 1 saturated carbocycles. The van der Waals surface area contributed by atoms with Crippen molar-refractivity contribution in [3.05, 3.63) is 20.9 Å². The van der Waals surface area contributed by atoms with Gasteiger partial charge in [0.15, 0.2) is 6.61 Å². The van der Waals surface area contributed by atoms with Gasteiger partial charge in [0.1, 0.15) is 15.6 Å². The maximum atomic E-state index is 12.1. The highest BCUT2D eigenvalue weighted by Crippen LogP contribution is 2.32. The van der Waals surface area contributed by atoms with Gasteiger partial charge in [-0.3, -0.25) is 4.79 Å².